The van der Waals surface area contributed by atoms with E-state index in [-0.39, 0.29) is 24.8 Å². The molecule has 0 amide bonds. The first-order valence-electron chi connectivity index (χ1n) is 22.0. The summed E-state index contributed by atoms with van der Waals surface area (Å²) in [6.45, 7) is 7.14. The first-order valence-corrected chi connectivity index (χ1v) is 35.7. The van der Waals surface area contributed by atoms with E-state index in [4.69, 9.17) is 0 Å². The number of allylic oxidation sites excluding steroid dienone is 2. The van der Waals surface area contributed by atoms with E-state index in [9.17, 15) is 0 Å². The first-order chi connectivity index (χ1) is 26.0. The quantitative estimate of drug-likeness (QED) is 0.139. The zero-order valence-electron chi connectivity index (χ0n) is 34.5. The van der Waals surface area contributed by atoms with Crippen LogP contribution < -0.4 is 0 Å². The zero-order chi connectivity index (χ0) is 36.9. The third kappa shape index (κ3) is 6.72. The van der Waals surface area contributed by atoms with Crippen LogP contribution >= 0.6 is 24.8 Å². The van der Waals surface area contributed by atoms with Crippen LogP contribution in [0.25, 0.3) is 34.4 Å². The normalized spacial score (nSPS) is 28.4. The molecule has 0 saturated heterocycles. The second kappa shape index (κ2) is 14.9. The van der Waals surface area contributed by atoms with Crippen LogP contribution in [0.5, 0.6) is 0 Å². The summed E-state index contributed by atoms with van der Waals surface area (Å²) in [4.78, 5) is 0. The van der Waals surface area contributed by atoms with Gasteiger partial charge in [0.05, 0.1) is 0 Å². The van der Waals surface area contributed by atoms with Gasteiger partial charge < -0.3 is 0 Å². The van der Waals surface area contributed by atoms with Gasteiger partial charge in [-0.3, -0.25) is 0 Å². The van der Waals surface area contributed by atoms with Crippen LogP contribution in [0.1, 0.15) is 132 Å². The molecule has 56 heavy (non-hydrogen) atoms. The fourth-order valence-corrected chi connectivity index (χ4v) is 33.7. The molecule has 4 fully saturated rings. The Labute approximate surface area is 353 Å². The van der Waals surface area contributed by atoms with Gasteiger partial charge in [0, 0.05) is 0 Å². The minimum atomic E-state index is -3.87. The maximum atomic E-state index is 2.93. The van der Waals surface area contributed by atoms with Crippen LogP contribution in [0, 0.1) is 22.7 Å². The molecule has 10 rings (SSSR count). The third-order valence-corrected chi connectivity index (χ3v) is 34.0. The SMILES string of the molecule is CCc1ccc(-c2cccc3c2C=C(CC24CCC(CC2)C4)[CH]3[Zr]([CH3])([CH3])(=[SiH2])[CH]2C(CC34CCC(CC3)C4)=Cc3c(-c4ccc(CC)cc4)cccc32)cc1.Cl.Cl. The van der Waals surface area contributed by atoms with Gasteiger partial charge in [0.2, 0.25) is 0 Å². The van der Waals surface area contributed by atoms with Gasteiger partial charge in [-0.05, 0) is 0 Å². The summed E-state index contributed by atoms with van der Waals surface area (Å²) in [5.74, 6) is 1.97. The van der Waals surface area contributed by atoms with Crippen molar-refractivity contribution < 1.29 is 17.4 Å². The molecule has 4 bridgehead atoms. The van der Waals surface area contributed by atoms with Crippen LogP contribution in [0.15, 0.2) is 96.1 Å². The average molecular weight is 879 g/mol. The summed E-state index contributed by atoms with van der Waals surface area (Å²) in [5, 5.41) is 0. The topological polar surface area (TPSA) is 0 Å². The average Bonchev–Trinajstić information content (AvgIpc) is 4.04. The molecule has 4 saturated carbocycles. The molecule has 4 aromatic rings. The van der Waals surface area contributed by atoms with Crippen molar-refractivity contribution in [3.8, 4) is 22.3 Å². The van der Waals surface area contributed by atoms with Crippen molar-refractivity contribution in [3.05, 3.63) is 129 Å². The Morgan fingerprint density at radius 1 is 0.554 bits per heavy atom. The predicted molar refractivity (Wildman–Crippen MR) is 246 cm³/mol. The van der Waals surface area contributed by atoms with Crippen LogP contribution in [-0.2, 0) is 30.2 Å². The molecule has 4 aromatic carbocycles. The molecule has 6 aliphatic rings. The van der Waals surface area contributed by atoms with Gasteiger partial charge in [0.1, 0.15) is 0 Å². The van der Waals surface area contributed by atoms with Gasteiger partial charge >= 0.3 is 331 Å². The Bertz CT molecular complexity index is 2100. The monoisotopic (exact) mass is 876 g/mol. The van der Waals surface area contributed by atoms with E-state index in [1.807, 2.05) is 11.1 Å². The largest absolute Gasteiger partial charge is 0.147 e. The fraction of sp³-hybridized carbons (Fsp3) is 0.462. The Hall–Kier alpha value is -1.96. The maximum absolute atomic E-state index is 3.87. The molecule has 0 aliphatic heterocycles. The van der Waals surface area contributed by atoms with Gasteiger partial charge in [-0.15, -0.1) is 24.8 Å². The molecule has 2 unspecified atom stereocenters. The van der Waals surface area contributed by atoms with E-state index < -0.39 is 17.4 Å². The molecule has 0 heterocycles. The number of hydrogen-bond donors (Lipinski definition) is 0. The number of benzene rings is 4. The summed E-state index contributed by atoms with van der Waals surface area (Å²) in [5.41, 5.74) is 19.8. The molecular weight excluding hydrogens is 815 g/mol. The molecular formula is C52H64Cl2SiZr. The standard InChI is InChI=1S/2C25H27.2CH3.2ClH.H2Si.Zr/c2*1-2-18-6-8-21(9-7-18)23-5-3-4-22-14-20(15-24(22)23)17-25-12-10-19(16-25)11-13-25;;;;;;/h2*3-9,14-15,19H,2,10-13,16-17H2,1H3;2*1H3;2*1H;1H2;. The van der Waals surface area contributed by atoms with E-state index in [2.05, 4.69) is 127 Å². The van der Waals surface area contributed by atoms with E-state index >= 15 is 0 Å². The predicted octanol–water partition coefficient (Wildman–Crippen LogP) is 14.8. The van der Waals surface area contributed by atoms with E-state index in [0.717, 1.165) is 24.7 Å². The molecule has 0 nitrogen and oxygen atoms in total. The second-order valence-electron chi connectivity index (χ2n) is 20.6. The van der Waals surface area contributed by atoms with Crippen molar-refractivity contribution in [2.45, 2.75) is 120 Å². The van der Waals surface area contributed by atoms with Crippen molar-refractivity contribution in [3.63, 3.8) is 0 Å². The summed E-state index contributed by atoms with van der Waals surface area (Å²) in [6, 6.07) is 34.0. The maximum Gasteiger partial charge on any atom is -0.147 e. The minimum absolute atomic E-state index is 0. The molecule has 2 atom stereocenters. The molecule has 6 aliphatic carbocycles. The van der Waals surface area contributed by atoms with Gasteiger partial charge in [0.15, 0.2) is 0 Å². The number of halogens is 2. The summed E-state index contributed by atoms with van der Waals surface area (Å²) < 4.78 is 7.01. The van der Waals surface area contributed by atoms with Crippen molar-refractivity contribution >= 4 is 43.8 Å². The number of rotatable bonds is 10. The summed E-state index contributed by atoms with van der Waals surface area (Å²) in [6.07, 6.45) is 25.1. The van der Waals surface area contributed by atoms with Crippen molar-refractivity contribution in [1.29, 1.82) is 0 Å². The molecule has 4 heteroatoms. The molecule has 0 spiro atoms. The van der Waals surface area contributed by atoms with Gasteiger partial charge in [-0.1, -0.05) is 0 Å². The molecule has 0 radical (unpaired) electrons. The minimum Gasteiger partial charge on any atom is -0.147 e. The third-order valence-electron chi connectivity index (χ3n) is 16.5. The fourth-order valence-electron chi connectivity index (χ4n) is 14.0. The molecule has 294 valence electrons. The van der Waals surface area contributed by atoms with E-state index in [1.165, 1.54) is 110 Å². The van der Waals surface area contributed by atoms with Crippen LogP contribution in [0.3, 0.4) is 0 Å². The smallest absolute Gasteiger partial charge is 0.147 e. The Morgan fingerprint density at radius 3 is 1.25 bits per heavy atom. The Balaban J connectivity index is 0.00000220. The van der Waals surface area contributed by atoms with Crippen molar-refractivity contribution in [2.24, 2.45) is 22.7 Å². The van der Waals surface area contributed by atoms with Crippen molar-refractivity contribution in [1.82, 2.24) is 0 Å². The Kier molecular flexibility index (Phi) is 10.9. The molecule has 0 aromatic heterocycles. The van der Waals surface area contributed by atoms with Gasteiger partial charge in [-0.2, -0.15) is 0 Å². The molecule has 0 N–H and O–H groups in total. The van der Waals surface area contributed by atoms with Crippen LogP contribution in [-0.4, -0.2) is 6.88 Å². The second-order valence-corrected chi connectivity index (χ2v) is 51.1. The first kappa shape index (κ1) is 40.8. The number of hydrogen-bond acceptors (Lipinski definition) is 0. The summed E-state index contributed by atoms with van der Waals surface area (Å²) >= 11 is -3.87. The number of fused-ring (bicyclic) bond motifs is 6. The van der Waals surface area contributed by atoms with Gasteiger partial charge in [0.25, 0.3) is 0 Å². The summed E-state index contributed by atoms with van der Waals surface area (Å²) in [7, 11) is 0. The van der Waals surface area contributed by atoms with Crippen LogP contribution in [0.2, 0.25) is 9.26 Å². The number of aryl methyl sites for hydroxylation is 2. The van der Waals surface area contributed by atoms with Gasteiger partial charge in [-0.25, -0.2) is 0 Å². The van der Waals surface area contributed by atoms with Crippen LogP contribution in [0.4, 0.5) is 0 Å². The Morgan fingerprint density at radius 2 is 0.929 bits per heavy atom. The zero-order valence-corrected chi connectivity index (χ0v) is 40.0. The van der Waals surface area contributed by atoms with E-state index in [0.29, 0.717) is 18.1 Å². The van der Waals surface area contributed by atoms with Crippen molar-refractivity contribution in [2.75, 3.05) is 0 Å². The van der Waals surface area contributed by atoms with E-state index in [1.54, 1.807) is 22.3 Å².